The van der Waals surface area contributed by atoms with Crippen molar-refractivity contribution in [3.63, 3.8) is 0 Å². The number of thiophene rings is 1. The van der Waals surface area contributed by atoms with Gasteiger partial charge in [-0.2, -0.15) is 0 Å². The number of hydrazine groups is 1. The number of hydrogen-bond donors (Lipinski definition) is 2. The summed E-state index contributed by atoms with van der Waals surface area (Å²) >= 11 is 1.60. The Kier molecular flexibility index (Phi) is 3.78. The number of aryl methyl sites for hydroxylation is 1. The van der Waals surface area contributed by atoms with Gasteiger partial charge in [-0.25, -0.2) is 19.6 Å². The molecule has 0 radical (unpaired) electrons. The maximum atomic E-state index is 13.9. The largest absolute Gasteiger partial charge is 0.354 e. The fourth-order valence-electron chi connectivity index (χ4n) is 3.57. The van der Waals surface area contributed by atoms with Gasteiger partial charge >= 0.3 is 0 Å². The van der Waals surface area contributed by atoms with Crippen molar-refractivity contribution in [1.29, 1.82) is 0 Å². The number of nitrogens with one attached hydrogen (secondary N) is 1. The molecular formula is C15H21F2N5S. The summed E-state index contributed by atoms with van der Waals surface area (Å²) in [5, 5.41) is 4.91. The third-order valence-electron chi connectivity index (χ3n) is 4.72. The Morgan fingerprint density at radius 2 is 2.13 bits per heavy atom. The van der Waals surface area contributed by atoms with Gasteiger partial charge in [-0.05, 0) is 24.9 Å². The SMILES string of the molecule is NN1CN=C(N2CCCNCC2)c2sc3c(c21)CC(F)(F)CC3. The van der Waals surface area contributed by atoms with Crippen molar-refractivity contribution in [1.82, 2.24) is 10.2 Å². The highest BCUT2D eigenvalue weighted by Crippen LogP contribution is 2.45. The molecule has 2 aliphatic heterocycles. The number of rotatable bonds is 0. The Bertz CT molecular complexity index is 634. The quantitative estimate of drug-likeness (QED) is 0.703. The first kappa shape index (κ1) is 15.3. The molecule has 0 atom stereocenters. The van der Waals surface area contributed by atoms with Crippen LogP contribution < -0.4 is 16.2 Å². The van der Waals surface area contributed by atoms with Crippen LogP contribution in [-0.2, 0) is 12.8 Å². The van der Waals surface area contributed by atoms with Crippen LogP contribution in [0.25, 0.3) is 0 Å². The van der Waals surface area contributed by atoms with E-state index in [0.29, 0.717) is 13.1 Å². The minimum Gasteiger partial charge on any atom is -0.354 e. The first-order valence-corrected chi connectivity index (χ1v) is 8.92. The molecular weight excluding hydrogens is 320 g/mol. The maximum absolute atomic E-state index is 13.9. The van der Waals surface area contributed by atoms with Crippen molar-refractivity contribution >= 4 is 22.9 Å². The van der Waals surface area contributed by atoms with E-state index in [0.717, 1.165) is 59.4 Å². The molecule has 126 valence electrons. The van der Waals surface area contributed by atoms with Crippen LogP contribution in [-0.4, -0.2) is 49.5 Å². The fraction of sp³-hybridized carbons (Fsp3) is 0.667. The van der Waals surface area contributed by atoms with E-state index in [1.807, 2.05) is 0 Å². The number of nitrogens with zero attached hydrogens (tertiary/aromatic N) is 3. The first-order chi connectivity index (χ1) is 11.1. The normalized spacial score (nSPS) is 23.9. The van der Waals surface area contributed by atoms with Gasteiger partial charge in [0.1, 0.15) is 12.5 Å². The van der Waals surface area contributed by atoms with Crippen LogP contribution in [0.4, 0.5) is 14.5 Å². The Morgan fingerprint density at radius 1 is 1.26 bits per heavy atom. The predicted molar refractivity (Wildman–Crippen MR) is 88.4 cm³/mol. The van der Waals surface area contributed by atoms with Crippen LogP contribution in [0.3, 0.4) is 0 Å². The topological polar surface area (TPSA) is 56.9 Å². The minimum atomic E-state index is -2.62. The second-order valence-electron chi connectivity index (χ2n) is 6.40. The minimum absolute atomic E-state index is 0.0654. The standard InChI is InChI=1S/C15H21F2N5S/c16-15(17)3-2-11-10(8-15)12-13(23-11)14(20-9-22(12)18)21-6-1-4-19-5-7-21/h19H,1-9,18H2. The van der Waals surface area contributed by atoms with Gasteiger partial charge in [0.15, 0.2) is 0 Å². The Balaban J connectivity index is 1.73. The van der Waals surface area contributed by atoms with Gasteiger partial charge in [0.05, 0.1) is 10.6 Å². The molecule has 0 spiro atoms. The molecule has 3 N–H and O–H groups in total. The molecule has 0 amide bonds. The zero-order valence-electron chi connectivity index (χ0n) is 12.9. The molecule has 23 heavy (non-hydrogen) atoms. The van der Waals surface area contributed by atoms with Crippen molar-refractivity contribution < 1.29 is 8.78 Å². The molecule has 3 heterocycles. The van der Waals surface area contributed by atoms with Crippen LogP contribution >= 0.6 is 11.3 Å². The van der Waals surface area contributed by atoms with Gasteiger partial charge in [-0.15, -0.1) is 11.3 Å². The molecule has 1 fully saturated rings. The van der Waals surface area contributed by atoms with Crippen LogP contribution in [0.5, 0.6) is 0 Å². The molecule has 1 aromatic heterocycles. The Morgan fingerprint density at radius 3 is 3.00 bits per heavy atom. The summed E-state index contributed by atoms with van der Waals surface area (Å²) in [4.78, 5) is 8.94. The molecule has 1 aliphatic carbocycles. The zero-order chi connectivity index (χ0) is 16.0. The number of alkyl halides is 2. The highest BCUT2D eigenvalue weighted by Gasteiger charge is 2.40. The average molecular weight is 341 g/mol. The third-order valence-corrected chi connectivity index (χ3v) is 6.00. The fourth-order valence-corrected chi connectivity index (χ4v) is 4.94. The second-order valence-corrected chi connectivity index (χ2v) is 7.50. The average Bonchev–Trinajstić information content (AvgIpc) is 2.70. The van der Waals surface area contributed by atoms with E-state index in [1.165, 1.54) is 5.01 Å². The van der Waals surface area contributed by atoms with Crippen molar-refractivity contribution in [2.24, 2.45) is 10.8 Å². The number of hydrogen-bond acceptors (Lipinski definition) is 6. The Hall–Kier alpha value is -1.25. The second kappa shape index (κ2) is 5.68. The lowest BCUT2D eigenvalue weighted by molar-refractivity contribution is -0.0115. The third kappa shape index (κ3) is 2.72. The lowest BCUT2D eigenvalue weighted by Gasteiger charge is -2.31. The maximum Gasteiger partial charge on any atom is 0.252 e. The van der Waals surface area contributed by atoms with E-state index < -0.39 is 5.92 Å². The van der Waals surface area contributed by atoms with Gasteiger partial charge < -0.3 is 10.2 Å². The number of anilines is 1. The van der Waals surface area contributed by atoms with Crippen molar-refractivity contribution in [2.75, 3.05) is 37.9 Å². The lowest BCUT2D eigenvalue weighted by atomic mass is 9.93. The van der Waals surface area contributed by atoms with Crippen molar-refractivity contribution in [2.45, 2.75) is 31.6 Å². The molecule has 5 nitrogen and oxygen atoms in total. The van der Waals surface area contributed by atoms with E-state index in [1.54, 1.807) is 11.3 Å². The van der Waals surface area contributed by atoms with E-state index >= 15 is 0 Å². The van der Waals surface area contributed by atoms with E-state index in [9.17, 15) is 8.78 Å². The summed E-state index contributed by atoms with van der Waals surface area (Å²) in [6, 6.07) is 0. The lowest BCUT2D eigenvalue weighted by Crippen LogP contribution is -2.42. The van der Waals surface area contributed by atoms with Crippen LogP contribution in [0.1, 0.15) is 28.2 Å². The highest BCUT2D eigenvalue weighted by molar-refractivity contribution is 7.15. The van der Waals surface area contributed by atoms with Crippen LogP contribution in [0.2, 0.25) is 0 Å². The number of aliphatic imine (C=N–C) groups is 1. The smallest absolute Gasteiger partial charge is 0.252 e. The van der Waals surface area contributed by atoms with Crippen LogP contribution in [0, 0.1) is 0 Å². The summed E-state index contributed by atoms with van der Waals surface area (Å²) in [5.41, 5.74) is 1.52. The van der Waals surface area contributed by atoms with Gasteiger partial charge in [0.2, 0.25) is 0 Å². The monoisotopic (exact) mass is 341 g/mol. The molecule has 1 aromatic rings. The molecule has 0 aromatic carbocycles. The van der Waals surface area contributed by atoms with Crippen LogP contribution in [0.15, 0.2) is 4.99 Å². The van der Waals surface area contributed by atoms with E-state index in [4.69, 9.17) is 5.84 Å². The summed E-state index contributed by atoms with van der Waals surface area (Å²) in [7, 11) is 0. The molecule has 0 saturated carbocycles. The zero-order valence-corrected chi connectivity index (χ0v) is 13.8. The van der Waals surface area contributed by atoms with E-state index in [2.05, 4.69) is 15.2 Å². The molecule has 8 heteroatoms. The first-order valence-electron chi connectivity index (χ1n) is 8.10. The summed E-state index contributed by atoms with van der Waals surface area (Å²) in [6.45, 7) is 4.09. The Labute approximate surface area is 138 Å². The van der Waals surface area contributed by atoms with Gasteiger partial charge in [0.25, 0.3) is 5.92 Å². The number of halogens is 2. The summed E-state index contributed by atoms with van der Waals surface area (Å²) in [5.74, 6) is 4.40. The number of fused-ring (bicyclic) bond motifs is 3. The van der Waals surface area contributed by atoms with E-state index in [-0.39, 0.29) is 12.8 Å². The van der Waals surface area contributed by atoms with Gasteiger partial charge in [-0.1, -0.05) is 0 Å². The van der Waals surface area contributed by atoms with Crippen molar-refractivity contribution in [3.8, 4) is 0 Å². The number of amidine groups is 1. The van der Waals surface area contributed by atoms with Crippen molar-refractivity contribution in [3.05, 3.63) is 15.3 Å². The van der Waals surface area contributed by atoms with Gasteiger partial charge in [-0.3, -0.25) is 5.01 Å². The van der Waals surface area contributed by atoms with Gasteiger partial charge in [0, 0.05) is 37.4 Å². The molecule has 0 bridgehead atoms. The molecule has 1 saturated heterocycles. The molecule has 3 aliphatic rings. The highest BCUT2D eigenvalue weighted by atomic mass is 32.1. The number of nitrogens with two attached hydrogens (primary N) is 1. The summed E-state index contributed by atoms with van der Waals surface area (Å²) in [6.07, 6.45) is 1.23. The molecule has 0 unspecified atom stereocenters. The summed E-state index contributed by atoms with van der Waals surface area (Å²) < 4.78 is 27.7. The molecule has 4 rings (SSSR count). The predicted octanol–water partition coefficient (Wildman–Crippen LogP) is 1.57.